The lowest BCUT2D eigenvalue weighted by molar-refractivity contribution is -0.126. The summed E-state index contributed by atoms with van der Waals surface area (Å²) in [5.74, 6) is 0.380. The summed E-state index contributed by atoms with van der Waals surface area (Å²) >= 11 is 0. The number of para-hydroxylation sites is 2. The van der Waals surface area contributed by atoms with Crippen molar-refractivity contribution in [2.75, 3.05) is 18.1 Å². The third kappa shape index (κ3) is 4.01. The van der Waals surface area contributed by atoms with Crippen molar-refractivity contribution in [3.8, 4) is 5.75 Å². The lowest BCUT2D eigenvalue weighted by atomic mass is 10.1. The Morgan fingerprint density at radius 3 is 2.78 bits per heavy atom. The third-order valence-corrected chi connectivity index (χ3v) is 3.98. The van der Waals surface area contributed by atoms with Crippen molar-refractivity contribution in [2.24, 2.45) is 0 Å². The predicted molar refractivity (Wildman–Crippen MR) is 87.4 cm³/mol. The van der Waals surface area contributed by atoms with Crippen molar-refractivity contribution in [2.45, 2.75) is 45.3 Å². The molecule has 1 aliphatic rings. The lowest BCUT2D eigenvalue weighted by Gasteiger charge is -2.34. The largest absolute Gasteiger partial charge is 0.478 e. The van der Waals surface area contributed by atoms with Gasteiger partial charge in [-0.05, 0) is 25.0 Å². The summed E-state index contributed by atoms with van der Waals surface area (Å²) in [4.78, 5) is 26.1. The van der Waals surface area contributed by atoms with E-state index < -0.39 is 6.10 Å². The Morgan fingerprint density at radius 1 is 1.39 bits per heavy atom. The Bertz CT molecular complexity index is 557. The average Bonchev–Trinajstić information content (AvgIpc) is 2.58. The summed E-state index contributed by atoms with van der Waals surface area (Å²) in [7, 11) is 0. The maximum Gasteiger partial charge on any atom is 0.268 e. The molecule has 0 radical (unpaired) electrons. The number of nitrogens with zero attached hydrogens (tertiary/aromatic N) is 1. The first-order valence-electron chi connectivity index (χ1n) is 8.07. The van der Waals surface area contributed by atoms with E-state index in [0.717, 1.165) is 0 Å². The van der Waals surface area contributed by atoms with Gasteiger partial charge >= 0.3 is 0 Å². The number of amides is 2. The number of carbonyl (C=O) groups excluding carboxylic acids is 2. The number of aliphatic hydroxyl groups is 1. The summed E-state index contributed by atoms with van der Waals surface area (Å²) in [6, 6.07) is 7.11. The van der Waals surface area contributed by atoms with Gasteiger partial charge in [0.15, 0.2) is 6.10 Å². The Kier molecular flexibility index (Phi) is 5.98. The van der Waals surface area contributed by atoms with Gasteiger partial charge in [0.25, 0.3) is 5.91 Å². The van der Waals surface area contributed by atoms with Gasteiger partial charge in [-0.25, -0.2) is 0 Å². The van der Waals surface area contributed by atoms with Crippen LogP contribution < -0.4 is 15.0 Å². The maximum absolute atomic E-state index is 12.5. The summed E-state index contributed by atoms with van der Waals surface area (Å²) in [6.07, 6.45) is 0.930. The van der Waals surface area contributed by atoms with Crippen LogP contribution in [0.5, 0.6) is 5.75 Å². The maximum atomic E-state index is 12.5. The molecule has 6 nitrogen and oxygen atoms in total. The van der Waals surface area contributed by atoms with E-state index in [1.807, 2.05) is 38.1 Å². The van der Waals surface area contributed by atoms with E-state index >= 15 is 0 Å². The van der Waals surface area contributed by atoms with Crippen LogP contribution in [0.25, 0.3) is 0 Å². The molecule has 1 aromatic carbocycles. The molecule has 0 saturated heterocycles. The average molecular weight is 320 g/mol. The summed E-state index contributed by atoms with van der Waals surface area (Å²) in [5.41, 5.74) is 0.698. The second-order valence-electron chi connectivity index (χ2n) is 5.58. The summed E-state index contributed by atoms with van der Waals surface area (Å²) in [5, 5.41) is 11.9. The molecule has 0 saturated carbocycles. The summed E-state index contributed by atoms with van der Waals surface area (Å²) in [6.45, 7) is 4.01. The van der Waals surface area contributed by atoms with Crippen LogP contribution in [0.4, 0.5) is 5.69 Å². The Labute approximate surface area is 136 Å². The van der Waals surface area contributed by atoms with Gasteiger partial charge in [0.05, 0.1) is 18.3 Å². The number of ether oxygens (including phenoxy) is 1. The molecule has 0 bridgehead atoms. The smallest absolute Gasteiger partial charge is 0.268 e. The number of nitrogens with one attached hydrogen (secondary N) is 1. The molecular weight excluding hydrogens is 296 g/mol. The molecule has 1 aliphatic heterocycles. The van der Waals surface area contributed by atoms with Gasteiger partial charge in [0.2, 0.25) is 5.91 Å². The predicted octanol–water partition coefficient (Wildman–Crippen LogP) is 1.47. The molecule has 1 heterocycles. The van der Waals surface area contributed by atoms with Gasteiger partial charge in [-0.2, -0.15) is 0 Å². The minimum atomic E-state index is -0.506. The van der Waals surface area contributed by atoms with Crippen molar-refractivity contribution in [3.63, 3.8) is 0 Å². The number of benzene rings is 1. The molecular formula is C17H24N2O4. The number of fused-ring (bicyclic) bond motifs is 1. The molecule has 0 aromatic heterocycles. The topological polar surface area (TPSA) is 78.9 Å². The highest BCUT2D eigenvalue weighted by atomic mass is 16.5. The number of aliphatic hydroxyl groups excluding tert-OH is 1. The van der Waals surface area contributed by atoms with Gasteiger partial charge in [0.1, 0.15) is 5.75 Å². The third-order valence-electron chi connectivity index (χ3n) is 3.98. The SMILES string of the molecule is CCC(CO)NC(=O)CCN1C(=O)C(CC)Oc2ccccc21. The molecule has 23 heavy (non-hydrogen) atoms. The van der Waals surface area contributed by atoms with Gasteiger partial charge < -0.3 is 20.1 Å². The quantitative estimate of drug-likeness (QED) is 0.797. The van der Waals surface area contributed by atoms with Crippen LogP contribution in [-0.4, -0.2) is 42.2 Å². The number of carbonyl (C=O) groups is 2. The second-order valence-corrected chi connectivity index (χ2v) is 5.58. The standard InChI is InChI=1S/C17H24N2O4/c1-3-12(11-20)18-16(21)9-10-19-13-7-5-6-8-15(13)23-14(4-2)17(19)22/h5-8,12,14,20H,3-4,9-11H2,1-2H3,(H,18,21). The van der Waals surface area contributed by atoms with Crippen molar-refractivity contribution < 1.29 is 19.4 Å². The monoisotopic (exact) mass is 320 g/mol. The fourth-order valence-electron chi connectivity index (χ4n) is 2.55. The number of rotatable bonds is 7. The van der Waals surface area contributed by atoms with Crippen LogP contribution in [0, 0.1) is 0 Å². The van der Waals surface area contributed by atoms with Gasteiger partial charge in [-0.3, -0.25) is 9.59 Å². The van der Waals surface area contributed by atoms with Crippen molar-refractivity contribution >= 4 is 17.5 Å². The van der Waals surface area contributed by atoms with E-state index in [1.54, 1.807) is 4.90 Å². The fourth-order valence-corrected chi connectivity index (χ4v) is 2.55. The van der Waals surface area contributed by atoms with E-state index in [1.165, 1.54) is 0 Å². The Balaban J connectivity index is 2.06. The van der Waals surface area contributed by atoms with Crippen LogP contribution in [0.15, 0.2) is 24.3 Å². The number of hydrogen-bond acceptors (Lipinski definition) is 4. The Hall–Kier alpha value is -2.08. The highest BCUT2D eigenvalue weighted by molar-refractivity contribution is 6.00. The highest BCUT2D eigenvalue weighted by Gasteiger charge is 2.33. The molecule has 2 unspecified atom stereocenters. The van der Waals surface area contributed by atoms with E-state index in [4.69, 9.17) is 9.84 Å². The fraction of sp³-hybridized carbons (Fsp3) is 0.529. The first-order valence-corrected chi connectivity index (χ1v) is 8.07. The zero-order valence-corrected chi connectivity index (χ0v) is 13.6. The van der Waals surface area contributed by atoms with E-state index in [9.17, 15) is 9.59 Å². The Morgan fingerprint density at radius 2 is 2.13 bits per heavy atom. The van der Waals surface area contributed by atoms with Crippen LogP contribution in [0.1, 0.15) is 33.1 Å². The molecule has 1 aromatic rings. The van der Waals surface area contributed by atoms with Crippen LogP contribution in [0.3, 0.4) is 0 Å². The normalized spacial score (nSPS) is 18.1. The molecule has 2 amide bonds. The van der Waals surface area contributed by atoms with E-state index in [-0.39, 0.29) is 30.9 Å². The molecule has 2 rings (SSSR count). The van der Waals surface area contributed by atoms with E-state index in [0.29, 0.717) is 30.8 Å². The van der Waals surface area contributed by atoms with Crippen LogP contribution in [-0.2, 0) is 9.59 Å². The van der Waals surface area contributed by atoms with Gasteiger partial charge in [-0.15, -0.1) is 0 Å². The molecule has 2 atom stereocenters. The highest BCUT2D eigenvalue weighted by Crippen LogP contribution is 2.34. The number of anilines is 1. The first-order chi connectivity index (χ1) is 11.1. The second kappa shape index (κ2) is 7.97. The molecule has 0 aliphatic carbocycles. The van der Waals surface area contributed by atoms with Crippen LogP contribution in [0.2, 0.25) is 0 Å². The van der Waals surface area contributed by atoms with Crippen LogP contribution >= 0.6 is 0 Å². The van der Waals surface area contributed by atoms with Crippen molar-refractivity contribution in [3.05, 3.63) is 24.3 Å². The minimum Gasteiger partial charge on any atom is -0.478 e. The van der Waals surface area contributed by atoms with Gasteiger partial charge in [-0.1, -0.05) is 26.0 Å². The van der Waals surface area contributed by atoms with Crippen molar-refractivity contribution in [1.82, 2.24) is 5.32 Å². The molecule has 6 heteroatoms. The molecule has 126 valence electrons. The van der Waals surface area contributed by atoms with Crippen molar-refractivity contribution in [1.29, 1.82) is 0 Å². The molecule has 2 N–H and O–H groups in total. The minimum absolute atomic E-state index is 0.0839. The zero-order chi connectivity index (χ0) is 16.8. The molecule has 0 fully saturated rings. The van der Waals surface area contributed by atoms with Gasteiger partial charge in [0, 0.05) is 13.0 Å². The lowest BCUT2D eigenvalue weighted by Crippen LogP contribution is -2.47. The number of hydrogen-bond donors (Lipinski definition) is 2. The summed E-state index contributed by atoms with van der Waals surface area (Å²) < 4.78 is 5.70. The first kappa shape index (κ1) is 17.3. The zero-order valence-electron chi connectivity index (χ0n) is 13.6. The molecule has 0 spiro atoms. The van der Waals surface area contributed by atoms with E-state index in [2.05, 4.69) is 5.32 Å².